The average molecular weight is 283 g/mol. The summed E-state index contributed by atoms with van der Waals surface area (Å²) in [4.78, 5) is 14.5. The van der Waals surface area contributed by atoms with Crippen molar-refractivity contribution in [2.24, 2.45) is 0 Å². The van der Waals surface area contributed by atoms with Crippen molar-refractivity contribution < 1.29 is 29.6 Å². The third-order valence-corrected chi connectivity index (χ3v) is 3.62. The fourth-order valence-electron chi connectivity index (χ4n) is 2.65. The van der Waals surface area contributed by atoms with E-state index in [1.807, 2.05) is 0 Å². The van der Waals surface area contributed by atoms with E-state index >= 15 is 0 Å². The second-order valence-electron chi connectivity index (χ2n) is 4.86. The van der Waals surface area contributed by atoms with Crippen molar-refractivity contribution in [3.05, 3.63) is 39.9 Å². The van der Waals surface area contributed by atoms with Crippen LogP contribution in [-0.4, -0.2) is 46.8 Å². The number of benzene rings is 1. The van der Waals surface area contributed by atoms with E-state index in [1.54, 1.807) is 0 Å². The number of hydrogen-bond acceptors (Lipinski definition) is 7. The highest BCUT2D eigenvalue weighted by Gasteiger charge is 2.56. The van der Waals surface area contributed by atoms with E-state index in [-0.39, 0.29) is 19.0 Å². The molecule has 8 heteroatoms. The van der Waals surface area contributed by atoms with E-state index in [4.69, 9.17) is 9.47 Å². The quantitative estimate of drug-likeness (QED) is 0.573. The first kappa shape index (κ1) is 13.3. The minimum absolute atomic E-state index is 0.00513. The largest absolute Gasteiger partial charge is 0.388 e. The molecule has 108 valence electrons. The molecule has 3 rings (SSSR count). The highest BCUT2D eigenvalue weighted by Crippen LogP contribution is 2.41. The monoisotopic (exact) mass is 283 g/mol. The first-order valence-corrected chi connectivity index (χ1v) is 6.07. The van der Waals surface area contributed by atoms with Crippen molar-refractivity contribution >= 4 is 0 Å². The summed E-state index contributed by atoms with van der Waals surface area (Å²) in [6, 6.07) is 5.79. The Morgan fingerprint density at radius 1 is 1.35 bits per heavy atom. The number of fused-ring (bicyclic) bond motifs is 1. The van der Waals surface area contributed by atoms with Crippen LogP contribution in [0.1, 0.15) is 5.56 Å². The molecular formula is C12H13NO7. The molecule has 2 aliphatic rings. The molecule has 0 aromatic heterocycles. The van der Waals surface area contributed by atoms with Crippen LogP contribution in [0.25, 0.3) is 0 Å². The van der Waals surface area contributed by atoms with Crippen LogP contribution >= 0.6 is 0 Å². The first-order chi connectivity index (χ1) is 9.50. The van der Waals surface area contributed by atoms with Crippen molar-refractivity contribution in [2.45, 2.75) is 23.9 Å². The maximum Gasteiger partial charge on any atom is 0.299 e. The molecule has 0 amide bonds. The zero-order valence-electron chi connectivity index (χ0n) is 10.3. The Labute approximate surface area is 113 Å². The minimum Gasteiger partial charge on any atom is -0.388 e. The van der Waals surface area contributed by atoms with Crippen molar-refractivity contribution in [2.75, 3.05) is 13.2 Å². The number of aliphatic hydroxyl groups is 2. The number of aliphatic hydroxyl groups excluding tert-OH is 1. The van der Waals surface area contributed by atoms with Gasteiger partial charge >= 0.3 is 0 Å². The van der Waals surface area contributed by atoms with Gasteiger partial charge in [-0.3, -0.25) is 4.84 Å². The highest BCUT2D eigenvalue weighted by atomic mass is 17.0. The summed E-state index contributed by atoms with van der Waals surface area (Å²) in [5, 5.41) is 29.7. The van der Waals surface area contributed by atoms with Crippen molar-refractivity contribution in [1.82, 2.24) is 0 Å². The summed E-state index contributed by atoms with van der Waals surface area (Å²) in [6.07, 6.45) is -1.97. The van der Waals surface area contributed by atoms with E-state index in [0.717, 1.165) is 0 Å². The molecule has 2 N–H and O–H groups in total. The molecule has 2 heterocycles. The number of rotatable bonds is 3. The van der Waals surface area contributed by atoms with Crippen LogP contribution in [-0.2, 0) is 15.1 Å². The summed E-state index contributed by atoms with van der Waals surface area (Å²) in [7, 11) is 0. The van der Waals surface area contributed by atoms with Crippen molar-refractivity contribution in [3.8, 4) is 5.75 Å². The van der Waals surface area contributed by atoms with E-state index in [2.05, 4.69) is 4.84 Å². The molecule has 2 saturated heterocycles. The molecule has 4 atom stereocenters. The van der Waals surface area contributed by atoms with Gasteiger partial charge in [-0.25, -0.2) is 0 Å². The van der Waals surface area contributed by atoms with Gasteiger partial charge in [0, 0.05) is 0 Å². The standard InChI is InChI=1S/C12H13NO7/c14-9-5-18-11-10(9)19-6-12(11,15)7-1-3-8(4-2-7)20-13(16)17/h1-4,9-11,14-15H,5-6H2/t9-,10-,11+,12+/m1/s1. The number of nitrogens with zero attached hydrogens (tertiary/aromatic N) is 1. The van der Waals surface area contributed by atoms with Gasteiger partial charge in [-0.1, -0.05) is 12.1 Å². The Morgan fingerprint density at radius 3 is 2.70 bits per heavy atom. The van der Waals surface area contributed by atoms with E-state index in [0.29, 0.717) is 5.56 Å². The molecule has 20 heavy (non-hydrogen) atoms. The van der Waals surface area contributed by atoms with Gasteiger partial charge < -0.3 is 19.7 Å². The van der Waals surface area contributed by atoms with Gasteiger partial charge in [0.2, 0.25) is 0 Å². The summed E-state index contributed by atoms with van der Waals surface area (Å²) in [5.74, 6) is 0.0604. The predicted octanol–water partition coefficient (Wildman–Crippen LogP) is -0.397. The molecule has 0 radical (unpaired) electrons. The fourth-order valence-corrected chi connectivity index (χ4v) is 2.65. The van der Waals surface area contributed by atoms with Gasteiger partial charge in [0.15, 0.2) is 0 Å². The van der Waals surface area contributed by atoms with Gasteiger partial charge in [-0.2, -0.15) is 0 Å². The molecule has 1 aromatic rings. The maximum atomic E-state index is 10.7. The molecule has 0 spiro atoms. The predicted molar refractivity (Wildman–Crippen MR) is 63.4 cm³/mol. The van der Waals surface area contributed by atoms with Gasteiger partial charge in [-0.05, 0) is 17.7 Å². The Hall–Kier alpha value is -1.74. The average Bonchev–Trinajstić information content (AvgIpc) is 2.93. The van der Waals surface area contributed by atoms with Crippen LogP contribution in [0, 0.1) is 10.1 Å². The maximum absolute atomic E-state index is 10.7. The van der Waals surface area contributed by atoms with Crippen LogP contribution in [0.15, 0.2) is 24.3 Å². The molecule has 0 saturated carbocycles. The summed E-state index contributed by atoms with van der Waals surface area (Å²) < 4.78 is 10.8. The molecule has 2 aliphatic heterocycles. The third kappa shape index (κ3) is 2.02. The van der Waals surface area contributed by atoms with Crippen LogP contribution in [0.4, 0.5) is 0 Å². The topological polar surface area (TPSA) is 111 Å². The van der Waals surface area contributed by atoms with E-state index in [1.165, 1.54) is 24.3 Å². The van der Waals surface area contributed by atoms with Gasteiger partial charge in [0.25, 0.3) is 5.09 Å². The minimum atomic E-state index is -1.38. The van der Waals surface area contributed by atoms with Crippen LogP contribution in [0.3, 0.4) is 0 Å². The third-order valence-electron chi connectivity index (χ3n) is 3.62. The zero-order valence-corrected chi connectivity index (χ0v) is 10.3. The summed E-state index contributed by atoms with van der Waals surface area (Å²) >= 11 is 0. The second-order valence-corrected chi connectivity index (χ2v) is 4.86. The summed E-state index contributed by atoms with van der Waals surface area (Å²) in [5.41, 5.74) is -0.884. The molecule has 0 aliphatic carbocycles. The lowest BCUT2D eigenvalue weighted by Crippen LogP contribution is -2.41. The fraction of sp³-hybridized carbons (Fsp3) is 0.500. The molecule has 0 unspecified atom stereocenters. The van der Waals surface area contributed by atoms with Gasteiger partial charge in [0.1, 0.15) is 29.7 Å². The van der Waals surface area contributed by atoms with E-state index < -0.39 is 29.0 Å². The van der Waals surface area contributed by atoms with Crippen molar-refractivity contribution in [3.63, 3.8) is 0 Å². The van der Waals surface area contributed by atoms with Crippen LogP contribution in [0.2, 0.25) is 0 Å². The Morgan fingerprint density at radius 2 is 2.05 bits per heavy atom. The lowest BCUT2D eigenvalue weighted by Gasteiger charge is -2.27. The molecule has 8 nitrogen and oxygen atoms in total. The lowest BCUT2D eigenvalue weighted by molar-refractivity contribution is -0.711. The molecule has 0 bridgehead atoms. The Bertz CT molecular complexity index is 519. The summed E-state index contributed by atoms with van der Waals surface area (Å²) in [6.45, 7) is 0.106. The second kappa shape index (κ2) is 4.67. The smallest absolute Gasteiger partial charge is 0.299 e. The van der Waals surface area contributed by atoms with Gasteiger partial charge in [-0.15, -0.1) is 10.1 Å². The van der Waals surface area contributed by atoms with Crippen molar-refractivity contribution in [1.29, 1.82) is 0 Å². The molecule has 1 aromatic carbocycles. The van der Waals surface area contributed by atoms with Gasteiger partial charge in [0.05, 0.1) is 13.2 Å². The van der Waals surface area contributed by atoms with Crippen LogP contribution < -0.4 is 4.84 Å². The normalized spacial score (nSPS) is 35.8. The van der Waals surface area contributed by atoms with E-state index in [9.17, 15) is 20.3 Å². The molecular weight excluding hydrogens is 270 g/mol. The number of ether oxygens (including phenoxy) is 2. The molecule has 2 fully saturated rings. The number of hydrogen-bond donors (Lipinski definition) is 2. The first-order valence-electron chi connectivity index (χ1n) is 6.07. The lowest BCUT2D eigenvalue weighted by atomic mass is 9.88. The zero-order chi connectivity index (χ0) is 14.3. The van der Waals surface area contributed by atoms with Crippen LogP contribution in [0.5, 0.6) is 5.75 Å². The highest BCUT2D eigenvalue weighted by molar-refractivity contribution is 5.33. The Kier molecular flexibility index (Phi) is 3.09. The SMILES string of the molecule is O=[N+]([O-])Oc1ccc([C@@]2(O)CO[C@@H]3[C@H](O)CO[C@@H]32)cc1. The Balaban J connectivity index is 1.83.